The Hall–Kier alpha value is -0.0800. The maximum Gasteiger partial charge on any atom is 0.0578 e. The first-order valence-electron chi connectivity index (χ1n) is 6.59. The van der Waals surface area contributed by atoms with E-state index in [1.54, 1.807) is 0 Å². The third kappa shape index (κ3) is 2.94. The van der Waals surface area contributed by atoms with E-state index in [0.29, 0.717) is 6.10 Å². The Morgan fingerprint density at radius 3 is 2.60 bits per heavy atom. The summed E-state index contributed by atoms with van der Waals surface area (Å²) in [6.07, 6.45) is 8.65. The van der Waals surface area contributed by atoms with Crippen LogP contribution in [0.4, 0.5) is 0 Å². The highest BCUT2D eigenvalue weighted by Gasteiger charge is 2.35. The quantitative estimate of drug-likeness (QED) is 0.779. The number of fused-ring (bicyclic) bond motifs is 1. The van der Waals surface area contributed by atoms with Gasteiger partial charge in [0.1, 0.15) is 0 Å². The lowest BCUT2D eigenvalue weighted by Crippen LogP contribution is -2.35. The molecule has 0 aromatic heterocycles. The Kier molecular flexibility index (Phi) is 4.04. The van der Waals surface area contributed by atoms with Crippen LogP contribution in [0.2, 0.25) is 0 Å². The summed E-state index contributed by atoms with van der Waals surface area (Å²) in [5.41, 5.74) is 0. The molecule has 1 N–H and O–H groups in total. The Morgan fingerprint density at radius 1 is 1.07 bits per heavy atom. The fourth-order valence-electron chi connectivity index (χ4n) is 3.26. The van der Waals surface area contributed by atoms with E-state index < -0.39 is 0 Å². The van der Waals surface area contributed by atoms with Gasteiger partial charge in [0.2, 0.25) is 0 Å². The molecule has 2 heteroatoms. The summed E-state index contributed by atoms with van der Waals surface area (Å²) in [4.78, 5) is 0. The minimum absolute atomic E-state index is 0.0145. The molecule has 0 spiro atoms. The van der Waals surface area contributed by atoms with E-state index in [4.69, 9.17) is 4.74 Å². The van der Waals surface area contributed by atoms with Crippen LogP contribution >= 0.6 is 0 Å². The van der Waals surface area contributed by atoms with E-state index in [-0.39, 0.29) is 6.10 Å². The molecule has 0 aromatic carbocycles. The zero-order valence-electron chi connectivity index (χ0n) is 9.82. The highest BCUT2D eigenvalue weighted by molar-refractivity contribution is 4.86. The van der Waals surface area contributed by atoms with E-state index in [1.807, 2.05) is 0 Å². The molecule has 0 radical (unpaired) electrons. The molecule has 0 bridgehead atoms. The lowest BCUT2D eigenvalue weighted by atomic mass is 9.69. The van der Waals surface area contributed by atoms with Crippen LogP contribution in [0, 0.1) is 11.8 Å². The number of hydrogen-bond donors (Lipinski definition) is 1. The monoisotopic (exact) mass is 212 g/mol. The summed E-state index contributed by atoms with van der Waals surface area (Å²) in [6, 6.07) is 0. The summed E-state index contributed by atoms with van der Waals surface area (Å²) < 4.78 is 5.85. The first-order valence-corrected chi connectivity index (χ1v) is 6.59. The molecule has 4 atom stereocenters. The maximum atomic E-state index is 9.62. The number of ether oxygens (including phenoxy) is 1. The standard InChI is InChI=1S/C13H24O2/c1-2-7-15-13-6-4-10-8-12(14)5-3-11(10)9-13/h10-14H,2-9H2,1H3. The van der Waals surface area contributed by atoms with Crippen LogP contribution in [0.3, 0.4) is 0 Å². The molecule has 2 fully saturated rings. The van der Waals surface area contributed by atoms with Gasteiger partial charge in [0.15, 0.2) is 0 Å². The Bertz CT molecular complexity index is 193. The third-order valence-electron chi connectivity index (χ3n) is 4.09. The molecule has 0 aromatic rings. The zero-order valence-corrected chi connectivity index (χ0v) is 9.82. The fraction of sp³-hybridized carbons (Fsp3) is 1.00. The van der Waals surface area contributed by atoms with Gasteiger partial charge in [-0.25, -0.2) is 0 Å². The van der Waals surface area contributed by atoms with Crippen molar-refractivity contribution in [3.05, 3.63) is 0 Å². The number of rotatable bonds is 3. The van der Waals surface area contributed by atoms with Gasteiger partial charge in [-0.2, -0.15) is 0 Å². The summed E-state index contributed by atoms with van der Waals surface area (Å²) >= 11 is 0. The van der Waals surface area contributed by atoms with Crippen molar-refractivity contribution in [3.8, 4) is 0 Å². The van der Waals surface area contributed by atoms with Crippen molar-refractivity contribution < 1.29 is 9.84 Å². The Labute approximate surface area is 93.0 Å². The molecule has 0 amide bonds. The molecule has 2 rings (SSSR count). The molecular formula is C13H24O2. The van der Waals surface area contributed by atoms with Crippen molar-refractivity contribution in [2.75, 3.05) is 6.61 Å². The fourth-order valence-corrected chi connectivity index (χ4v) is 3.26. The predicted molar refractivity (Wildman–Crippen MR) is 60.7 cm³/mol. The normalized spacial score (nSPS) is 41.2. The Balaban J connectivity index is 1.79. The van der Waals surface area contributed by atoms with Crippen molar-refractivity contribution in [1.29, 1.82) is 0 Å². The molecule has 2 nitrogen and oxygen atoms in total. The summed E-state index contributed by atoms with van der Waals surface area (Å²) in [7, 11) is 0. The SMILES string of the molecule is CCCOC1CCC2CC(O)CCC2C1. The second-order valence-corrected chi connectivity index (χ2v) is 5.29. The topological polar surface area (TPSA) is 29.5 Å². The number of aliphatic hydroxyl groups is 1. The smallest absolute Gasteiger partial charge is 0.0578 e. The van der Waals surface area contributed by atoms with Crippen LogP contribution in [0.25, 0.3) is 0 Å². The van der Waals surface area contributed by atoms with Gasteiger partial charge >= 0.3 is 0 Å². The maximum absolute atomic E-state index is 9.62. The second-order valence-electron chi connectivity index (χ2n) is 5.29. The molecule has 0 aliphatic heterocycles. The van der Waals surface area contributed by atoms with Crippen LogP contribution in [0.1, 0.15) is 51.9 Å². The van der Waals surface area contributed by atoms with Crippen LogP contribution in [-0.2, 0) is 4.74 Å². The van der Waals surface area contributed by atoms with E-state index in [2.05, 4.69) is 6.92 Å². The van der Waals surface area contributed by atoms with E-state index in [9.17, 15) is 5.11 Å². The average Bonchev–Trinajstić information content (AvgIpc) is 2.26. The predicted octanol–water partition coefficient (Wildman–Crippen LogP) is 2.74. The molecule has 4 unspecified atom stereocenters. The minimum atomic E-state index is -0.0145. The first kappa shape index (κ1) is 11.4. The van der Waals surface area contributed by atoms with Crippen molar-refractivity contribution in [3.63, 3.8) is 0 Å². The molecule has 88 valence electrons. The molecule has 2 aliphatic rings. The van der Waals surface area contributed by atoms with Crippen molar-refractivity contribution >= 4 is 0 Å². The highest BCUT2D eigenvalue weighted by Crippen LogP contribution is 2.41. The summed E-state index contributed by atoms with van der Waals surface area (Å²) in [6.45, 7) is 3.09. The van der Waals surface area contributed by atoms with Crippen LogP contribution < -0.4 is 0 Å². The minimum Gasteiger partial charge on any atom is -0.393 e. The van der Waals surface area contributed by atoms with Gasteiger partial charge in [0.05, 0.1) is 12.2 Å². The molecule has 0 heterocycles. The van der Waals surface area contributed by atoms with Crippen molar-refractivity contribution in [2.45, 2.75) is 64.1 Å². The third-order valence-corrected chi connectivity index (χ3v) is 4.09. The number of hydrogen-bond acceptors (Lipinski definition) is 2. The van der Waals surface area contributed by atoms with E-state index in [1.165, 1.54) is 25.7 Å². The van der Waals surface area contributed by atoms with Gasteiger partial charge in [-0.15, -0.1) is 0 Å². The van der Waals surface area contributed by atoms with Gasteiger partial charge in [0, 0.05) is 6.61 Å². The highest BCUT2D eigenvalue weighted by atomic mass is 16.5. The first-order chi connectivity index (χ1) is 7.29. The number of aliphatic hydroxyl groups excluding tert-OH is 1. The van der Waals surface area contributed by atoms with Crippen LogP contribution in [0.15, 0.2) is 0 Å². The van der Waals surface area contributed by atoms with Gasteiger partial charge in [0.25, 0.3) is 0 Å². The summed E-state index contributed by atoms with van der Waals surface area (Å²) in [5, 5.41) is 9.62. The zero-order chi connectivity index (χ0) is 10.7. The lowest BCUT2D eigenvalue weighted by Gasteiger charge is -2.40. The molecule has 15 heavy (non-hydrogen) atoms. The van der Waals surface area contributed by atoms with Gasteiger partial charge in [-0.3, -0.25) is 0 Å². The Morgan fingerprint density at radius 2 is 1.80 bits per heavy atom. The van der Waals surface area contributed by atoms with Crippen LogP contribution in [0.5, 0.6) is 0 Å². The van der Waals surface area contributed by atoms with E-state index in [0.717, 1.165) is 37.7 Å². The van der Waals surface area contributed by atoms with Gasteiger partial charge in [-0.05, 0) is 56.8 Å². The average molecular weight is 212 g/mol. The molecule has 0 saturated heterocycles. The van der Waals surface area contributed by atoms with Crippen LogP contribution in [-0.4, -0.2) is 23.9 Å². The molecule has 2 saturated carbocycles. The summed E-state index contributed by atoms with van der Waals surface area (Å²) in [5.74, 6) is 1.62. The van der Waals surface area contributed by atoms with Gasteiger partial charge in [-0.1, -0.05) is 6.92 Å². The molecular weight excluding hydrogens is 188 g/mol. The van der Waals surface area contributed by atoms with Crippen molar-refractivity contribution in [2.24, 2.45) is 11.8 Å². The van der Waals surface area contributed by atoms with Gasteiger partial charge < -0.3 is 9.84 Å². The second kappa shape index (κ2) is 5.31. The van der Waals surface area contributed by atoms with Crippen molar-refractivity contribution in [1.82, 2.24) is 0 Å². The lowest BCUT2D eigenvalue weighted by molar-refractivity contribution is -0.0317. The molecule has 2 aliphatic carbocycles. The largest absolute Gasteiger partial charge is 0.393 e. The van der Waals surface area contributed by atoms with E-state index >= 15 is 0 Å².